The Labute approximate surface area is 125 Å². The van der Waals surface area contributed by atoms with E-state index in [1.807, 2.05) is 0 Å². The van der Waals surface area contributed by atoms with Crippen LogP contribution in [-0.2, 0) is 0 Å². The molecule has 1 heterocycles. The SMILES string of the molecule is CCC1(C)CNC2(CCCCC2)CN1C1CCCCC1. The van der Waals surface area contributed by atoms with Crippen molar-refractivity contribution in [2.45, 2.75) is 102 Å². The summed E-state index contributed by atoms with van der Waals surface area (Å²) in [7, 11) is 0. The molecular formula is C18H34N2. The number of piperazine rings is 1. The first-order chi connectivity index (χ1) is 9.68. The van der Waals surface area contributed by atoms with E-state index in [9.17, 15) is 0 Å². The van der Waals surface area contributed by atoms with Crippen LogP contribution in [0.4, 0.5) is 0 Å². The quantitative estimate of drug-likeness (QED) is 0.818. The monoisotopic (exact) mass is 278 g/mol. The Hall–Kier alpha value is -0.0800. The van der Waals surface area contributed by atoms with E-state index >= 15 is 0 Å². The van der Waals surface area contributed by atoms with Gasteiger partial charge in [0, 0.05) is 30.2 Å². The number of hydrogen-bond donors (Lipinski definition) is 1. The van der Waals surface area contributed by atoms with Gasteiger partial charge >= 0.3 is 0 Å². The second-order valence-electron chi connectivity index (χ2n) is 7.96. The Morgan fingerprint density at radius 3 is 2.30 bits per heavy atom. The van der Waals surface area contributed by atoms with Crippen molar-refractivity contribution in [3.63, 3.8) is 0 Å². The van der Waals surface area contributed by atoms with Gasteiger partial charge in [-0.25, -0.2) is 0 Å². The number of rotatable bonds is 2. The summed E-state index contributed by atoms with van der Waals surface area (Å²) in [5.74, 6) is 0. The molecule has 1 aliphatic heterocycles. The molecule has 0 aromatic rings. The molecular weight excluding hydrogens is 244 g/mol. The molecule has 0 aromatic carbocycles. The highest BCUT2D eigenvalue weighted by Crippen LogP contribution is 2.39. The molecule has 0 radical (unpaired) electrons. The van der Waals surface area contributed by atoms with Gasteiger partial charge in [-0.05, 0) is 39.0 Å². The van der Waals surface area contributed by atoms with Crippen LogP contribution in [0.3, 0.4) is 0 Å². The lowest BCUT2D eigenvalue weighted by atomic mass is 9.75. The van der Waals surface area contributed by atoms with Crippen LogP contribution in [-0.4, -0.2) is 35.1 Å². The lowest BCUT2D eigenvalue weighted by molar-refractivity contribution is -0.0402. The van der Waals surface area contributed by atoms with Gasteiger partial charge in [-0.15, -0.1) is 0 Å². The van der Waals surface area contributed by atoms with E-state index in [0.717, 1.165) is 6.04 Å². The average Bonchev–Trinajstić information content (AvgIpc) is 2.52. The second-order valence-corrected chi connectivity index (χ2v) is 7.96. The molecule has 2 nitrogen and oxygen atoms in total. The van der Waals surface area contributed by atoms with Gasteiger partial charge < -0.3 is 5.32 Å². The summed E-state index contributed by atoms with van der Waals surface area (Å²) in [6.07, 6.45) is 15.7. The van der Waals surface area contributed by atoms with Gasteiger partial charge in [0.05, 0.1) is 0 Å². The van der Waals surface area contributed by atoms with Crippen LogP contribution in [0.2, 0.25) is 0 Å². The largest absolute Gasteiger partial charge is 0.308 e. The van der Waals surface area contributed by atoms with Gasteiger partial charge in [-0.1, -0.05) is 45.4 Å². The fourth-order valence-electron chi connectivity index (χ4n) is 4.91. The molecule has 3 rings (SSSR count). The van der Waals surface area contributed by atoms with Crippen molar-refractivity contribution < 1.29 is 0 Å². The van der Waals surface area contributed by atoms with Crippen molar-refractivity contribution in [2.24, 2.45) is 0 Å². The van der Waals surface area contributed by atoms with Crippen LogP contribution >= 0.6 is 0 Å². The van der Waals surface area contributed by atoms with Crippen molar-refractivity contribution in [1.29, 1.82) is 0 Å². The maximum Gasteiger partial charge on any atom is 0.0309 e. The van der Waals surface area contributed by atoms with Crippen LogP contribution in [0.15, 0.2) is 0 Å². The number of hydrogen-bond acceptors (Lipinski definition) is 2. The van der Waals surface area contributed by atoms with Crippen LogP contribution < -0.4 is 5.32 Å². The minimum absolute atomic E-state index is 0.394. The zero-order chi connectivity index (χ0) is 14.1. The molecule has 0 aromatic heterocycles. The molecule has 0 bridgehead atoms. The molecule has 3 aliphatic rings. The van der Waals surface area contributed by atoms with E-state index in [2.05, 4.69) is 24.1 Å². The van der Waals surface area contributed by atoms with Crippen molar-refractivity contribution in [3.05, 3.63) is 0 Å². The predicted molar refractivity (Wildman–Crippen MR) is 86.1 cm³/mol. The van der Waals surface area contributed by atoms with E-state index in [0.29, 0.717) is 11.1 Å². The first-order valence-corrected chi connectivity index (χ1v) is 9.19. The fourth-order valence-corrected chi connectivity index (χ4v) is 4.91. The molecule has 0 amide bonds. The lowest BCUT2D eigenvalue weighted by Crippen LogP contribution is -2.71. The molecule has 3 fully saturated rings. The van der Waals surface area contributed by atoms with E-state index in [1.165, 1.54) is 83.7 Å². The van der Waals surface area contributed by atoms with E-state index < -0.39 is 0 Å². The van der Waals surface area contributed by atoms with Crippen molar-refractivity contribution in [3.8, 4) is 0 Å². The van der Waals surface area contributed by atoms with Gasteiger partial charge in [-0.2, -0.15) is 0 Å². The molecule has 2 aliphatic carbocycles. The smallest absolute Gasteiger partial charge is 0.0309 e. The van der Waals surface area contributed by atoms with Crippen LogP contribution in [0.25, 0.3) is 0 Å². The number of nitrogens with zero attached hydrogens (tertiary/aromatic N) is 1. The lowest BCUT2D eigenvalue weighted by Gasteiger charge is -2.57. The molecule has 1 atom stereocenters. The highest BCUT2D eigenvalue weighted by Gasteiger charge is 2.46. The summed E-state index contributed by atoms with van der Waals surface area (Å²) < 4.78 is 0. The van der Waals surface area contributed by atoms with Crippen molar-refractivity contribution in [2.75, 3.05) is 13.1 Å². The van der Waals surface area contributed by atoms with E-state index in [1.54, 1.807) is 0 Å². The molecule has 2 heteroatoms. The van der Waals surface area contributed by atoms with Gasteiger partial charge in [0.15, 0.2) is 0 Å². The molecule has 1 saturated heterocycles. The second kappa shape index (κ2) is 5.96. The van der Waals surface area contributed by atoms with E-state index in [-0.39, 0.29) is 0 Å². The normalized spacial score (nSPS) is 36.3. The highest BCUT2D eigenvalue weighted by atomic mass is 15.3. The summed E-state index contributed by atoms with van der Waals surface area (Å²) in [6, 6.07) is 0.870. The summed E-state index contributed by atoms with van der Waals surface area (Å²) in [4.78, 5) is 2.95. The Bertz CT molecular complexity index is 315. The standard InChI is InChI=1S/C18H34N2/c1-3-17(2)14-19-18(12-8-5-9-13-18)15-20(17)16-10-6-4-7-11-16/h16,19H,3-15H2,1-2H3. The third-order valence-electron chi connectivity index (χ3n) is 6.60. The van der Waals surface area contributed by atoms with Crippen molar-refractivity contribution >= 4 is 0 Å². The first-order valence-electron chi connectivity index (χ1n) is 9.19. The first kappa shape index (κ1) is 14.8. The van der Waals surface area contributed by atoms with Crippen LogP contribution in [0, 0.1) is 0 Å². The van der Waals surface area contributed by atoms with Crippen LogP contribution in [0.5, 0.6) is 0 Å². The van der Waals surface area contributed by atoms with E-state index in [4.69, 9.17) is 0 Å². The Morgan fingerprint density at radius 1 is 1.00 bits per heavy atom. The van der Waals surface area contributed by atoms with Gasteiger partial charge in [0.25, 0.3) is 0 Å². The summed E-state index contributed by atoms with van der Waals surface area (Å²) in [6.45, 7) is 7.42. The molecule has 20 heavy (non-hydrogen) atoms. The topological polar surface area (TPSA) is 15.3 Å². The highest BCUT2D eigenvalue weighted by molar-refractivity contribution is 5.06. The van der Waals surface area contributed by atoms with Gasteiger partial charge in [-0.3, -0.25) is 4.90 Å². The molecule has 1 N–H and O–H groups in total. The van der Waals surface area contributed by atoms with Gasteiger partial charge in [0.2, 0.25) is 0 Å². The fraction of sp³-hybridized carbons (Fsp3) is 1.00. The zero-order valence-corrected chi connectivity index (χ0v) is 13.7. The Morgan fingerprint density at radius 2 is 1.65 bits per heavy atom. The predicted octanol–water partition coefficient (Wildman–Crippen LogP) is 4.10. The third-order valence-corrected chi connectivity index (χ3v) is 6.60. The molecule has 116 valence electrons. The Balaban J connectivity index is 1.77. The molecule has 1 unspecified atom stereocenters. The minimum Gasteiger partial charge on any atom is -0.308 e. The minimum atomic E-state index is 0.394. The maximum atomic E-state index is 4.00. The van der Waals surface area contributed by atoms with Gasteiger partial charge in [0.1, 0.15) is 0 Å². The third kappa shape index (κ3) is 2.78. The summed E-state index contributed by atoms with van der Waals surface area (Å²) in [5, 5.41) is 4.00. The summed E-state index contributed by atoms with van der Waals surface area (Å²) in [5.41, 5.74) is 0.856. The number of nitrogens with one attached hydrogen (secondary N) is 1. The zero-order valence-electron chi connectivity index (χ0n) is 13.7. The molecule has 1 spiro atoms. The maximum absolute atomic E-state index is 4.00. The Kier molecular flexibility index (Phi) is 4.42. The average molecular weight is 278 g/mol. The van der Waals surface area contributed by atoms with Crippen molar-refractivity contribution in [1.82, 2.24) is 10.2 Å². The van der Waals surface area contributed by atoms with Crippen LogP contribution in [0.1, 0.15) is 84.5 Å². The molecule has 2 saturated carbocycles. The summed E-state index contributed by atoms with van der Waals surface area (Å²) >= 11 is 0.